The summed E-state index contributed by atoms with van der Waals surface area (Å²) in [6.45, 7) is 0. The summed E-state index contributed by atoms with van der Waals surface area (Å²) in [6, 6.07) is 22.2. The van der Waals surface area contributed by atoms with E-state index in [0.29, 0.717) is 11.3 Å². The number of hydrogen-bond donors (Lipinski definition) is 1. The Morgan fingerprint density at radius 2 is 1.62 bits per heavy atom. The molecular weight excluding hydrogens is 512 g/mol. The molecule has 1 heterocycles. The number of carboxylic acid groups (broad SMARTS) is 1. The minimum Gasteiger partial charge on any atom is -0.497 e. The van der Waals surface area contributed by atoms with Crippen LogP contribution in [0.4, 0.5) is 28.9 Å². The fourth-order valence-corrected chi connectivity index (χ4v) is 4.68. The molecule has 0 aromatic heterocycles. The average molecular weight is 535 g/mol. The maximum atomic E-state index is 14.9. The van der Waals surface area contributed by atoms with E-state index in [0.717, 1.165) is 23.3 Å². The Bertz CT molecular complexity index is 1570. The van der Waals surface area contributed by atoms with E-state index in [2.05, 4.69) is 4.99 Å². The molecule has 1 aliphatic heterocycles. The van der Waals surface area contributed by atoms with Crippen molar-refractivity contribution in [2.45, 2.75) is 18.6 Å². The predicted molar refractivity (Wildman–Crippen MR) is 140 cm³/mol. The van der Waals surface area contributed by atoms with Crippen LogP contribution in [0, 0.1) is 5.82 Å². The van der Waals surface area contributed by atoms with Crippen LogP contribution in [-0.2, 0) is 11.0 Å². The van der Waals surface area contributed by atoms with Gasteiger partial charge >= 0.3 is 12.1 Å². The van der Waals surface area contributed by atoms with Crippen molar-refractivity contribution in [1.29, 1.82) is 0 Å². The summed E-state index contributed by atoms with van der Waals surface area (Å²) in [7, 11) is 1.57. The number of halogens is 4. The Hall–Kier alpha value is -4.66. The summed E-state index contributed by atoms with van der Waals surface area (Å²) in [4.78, 5) is 17.9. The van der Waals surface area contributed by atoms with Crippen LogP contribution in [0.3, 0.4) is 0 Å². The van der Waals surface area contributed by atoms with Gasteiger partial charge in [-0.2, -0.15) is 13.2 Å². The smallest absolute Gasteiger partial charge is 0.416 e. The van der Waals surface area contributed by atoms with Gasteiger partial charge in [-0.15, -0.1) is 0 Å². The molecule has 1 N–H and O–H groups in total. The Labute approximate surface area is 221 Å². The van der Waals surface area contributed by atoms with Gasteiger partial charge in [0.15, 0.2) is 0 Å². The summed E-state index contributed by atoms with van der Waals surface area (Å²) in [5.74, 6) is -1.04. The van der Waals surface area contributed by atoms with Crippen LogP contribution >= 0.6 is 0 Å². The topological polar surface area (TPSA) is 62.1 Å². The number of alkyl halides is 3. The number of fused-ring (bicyclic) bond motifs is 1. The number of para-hydroxylation sites is 1. The molecule has 0 amide bonds. The third-order valence-corrected chi connectivity index (χ3v) is 6.50. The fraction of sp³-hybridized carbons (Fsp3) is 0.133. The largest absolute Gasteiger partial charge is 0.497 e. The van der Waals surface area contributed by atoms with E-state index in [1.807, 2.05) is 24.3 Å². The Balaban J connectivity index is 1.68. The van der Waals surface area contributed by atoms with Crippen LogP contribution in [-0.4, -0.2) is 24.0 Å². The number of hydrogen-bond acceptors (Lipinski definition) is 4. The van der Waals surface area contributed by atoms with Crippen LogP contribution in [0.2, 0.25) is 0 Å². The number of amidine groups is 1. The van der Waals surface area contributed by atoms with Gasteiger partial charge in [-0.3, -0.25) is 4.79 Å². The van der Waals surface area contributed by atoms with Crippen molar-refractivity contribution in [3.63, 3.8) is 0 Å². The Morgan fingerprint density at radius 3 is 2.31 bits per heavy atom. The van der Waals surface area contributed by atoms with Crippen molar-refractivity contribution in [3.05, 3.63) is 114 Å². The first-order chi connectivity index (χ1) is 18.7. The lowest BCUT2D eigenvalue weighted by molar-refractivity contribution is -0.138. The molecule has 0 saturated carbocycles. The lowest BCUT2D eigenvalue weighted by Crippen LogP contribution is -2.39. The van der Waals surface area contributed by atoms with E-state index >= 15 is 0 Å². The van der Waals surface area contributed by atoms with Crippen molar-refractivity contribution in [1.82, 2.24) is 0 Å². The summed E-state index contributed by atoms with van der Waals surface area (Å²) in [5, 5.41) is 9.72. The second kappa shape index (κ2) is 10.2. The van der Waals surface area contributed by atoms with Gasteiger partial charge in [-0.25, -0.2) is 9.38 Å². The number of aliphatic carboxylic acids is 1. The number of aliphatic imine (C=N–C) groups is 1. The number of methoxy groups -OCH3 is 1. The standard InChI is InChI=1S/C30H22F4N2O3/c1-39-23-8-2-5-20(15-23)18-11-13-19(14-12-18)29-35-28-24(9-4-10-25(28)31)26(17-27(37)38)36(29)22-7-3-6-21(16-22)30(32,33)34/h2-16,26H,17H2,1H3,(H,37,38). The van der Waals surface area contributed by atoms with Crippen LogP contribution in [0.1, 0.15) is 29.2 Å². The molecule has 5 rings (SSSR count). The van der Waals surface area contributed by atoms with Crippen molar-refractivity contribution in [2.75, 3.05) is 12.0 Å². The van der Waals surface area contributed by atoms with Gasteiger partial charge in [0.2, 0.25) is 0 Å². The van der Waals surface area contributed by atoms with Gasteiger partial charge in [0.25, 0.3) is 0 Å². The van der Waals surface area contributed by atoms with Crippen molar-refractivity contribution in [3.8, 4) is 16.9 Å². The predicted octanol–water partition coefficient (Wildman–Crippen LogP) is 7.63. The first kappa shape index (κ1) is 26.0. The van der Waals surface area contributed by atoms with Gasteiger partial charge in [0.1, 0.15) is 23.1 Å². The molecule has 0 fully saturated rings. The van der Waals surface area contributed by atoms with Gasteiger partial charge in [0.05, 0.1) is 25.1 Å². The molecule has 39 heavy (non-hydrogen) atoms. The van der Waals surface area contributed by atoms with Gasteiger partial charge in [-0.1, -0.05) is 54.6 Å². The quantitative estimate of drug-likeness (QED) is 0.258. The highest BCUT2D eigenvalue weighted by atomic mass is 19.4. The van der Waals surface area contributed by atoms with Gasteiger partial charge in [-0.05, 0) is 47.5 Å². The van der Waals surface area contributed by atoms with Gasteiger partial charge < -0.3 is 14.7 Å². The summed E-state index contributed by atoms with van der Waals surface area (Å²) in [5.41, 5.74) is 1.61. The van der Waals surface area contributed by atoms with E-state index in [-0.39, 0.29) is 22.8 Å². The molecule has 4 aromatic rings. The van der Waals surface area contributed by atoms with Crippen molar-refractivity contribution in [2.24, 2.45) is 4.99 Å². The number of carbonyl (C=O) groups is 1. The zero-order chi connectivity index (χ0) is 27.7. The molecule has 1 atom stereocenters. The van der Waals surface area contributed by atoms with Crippen LogP contribution in [0.25, 0.3) is 11.1 Å². The highest BCUT2D eigenvalue weighted by molar-refractivity contribution is 6.13. The molecule has 0 saturated heterocycles. The summed E-state index contributed by atoms with van der Waals surface area (Å²) < 4.78 is 61.1. The van der Waals surface area contributed by atoms with Crippen molar-refractivity contribution < 1.29 is 32.2 Å². The number of anilines is 1. The molecule has 1 unspecified atom stereocenters. The third-order valence-electron chi connectivity index (χ3n) is 6.50. The second-order valence-electron chi connectivity index (χ2n) is 8.95. The number of rotatable bonds is 6. The molecule has 9 heteroatoms. The molecule has 5 nitrogen and oxygen atoms in total. The monoisotopic (exact) mass is 534 g/mol. The molecule has 0 radical (unpaired) electrons. The minimum absolute atomic E-state index is 0.0427. The Kier molecular flexibility index (Phi) is 6.82. The Morgan fingerprint density at radius 1 is 0.923 bits per heavy atom. The normalized spacial score (nSPS) is 14.9. The van der Waals surface area contributed by atoms with E-state index < -0.39 is 36.0 Å². The van der Waals surface area contributed by atoms with Gasteiger partial charge in [0, 0.05) is 16.8 Å². The first-order valence-electron chi connectivity index (χ1n) is 12.0. The van der Waals surface area contributed by atoms with E-state index in [4.69, 9.17) is 4.74 Å². The summed E-state index contributed by atoms with van der Waals surface area (Å²) >= 11 is 0. The maximum absolute atomic E-state index is 14.9. The lowest BCUT2D eigenvalue weighted by atomic mass is 9.94. The van der Waals surface area contributed by atoms with Crippen LogP contribution < -0.4 is 9.64 Å². The number of nitrogens with zero attached hydrogens (tertiary/aromatic N) is 2. The number of carboxylic acids is 1. The zero-order valence-electron chi connectivity index (χ0n) is 20.6. The lowest BCUT2D eigenvalue weighted by Gasteiger charge is -2.38. The molecule has 0 bridgehead atoms. The molecular formula is C30H22F4N2O3. The maximum Gasteiger partial charge on any atom is 0.416 e. The van der Waals surface area contributed by atoms with E-state index in [9.17, 15) is 27.5 Å². The fourth-order valence-electron chi connectivity index (χ4n) is 4.68. The molecule has 0 spiro atoms. The molecule has 0 aliphatic carbocycles. The molecule has 198 valence electrons. The minimum atomic E-state index is -4.62. The van der Waals surface area contributed by atoms with E-state index in [1.54, 1.807) is 37.4 Å². The van der Waals surface area contributed by atoms with Crippen LogP contribution in [0.15, 0.2) is 96.0 Å². The van der Waals surface area contributed by atoms with Crippen LogP contribution in [0.5, 0.6) is 5.75 Å². The average Bonchev–Trinajstić information content (AvgIpc) is 2.93. The third kappa shape index (κ3) is 5.20. The second-order valence-corrected chi connectivity index (χ2v) is 8.95. The molecule has 4 aromatic carbocycles. The zero-order valence-corrected chi connectivity index (χ0v) is 20.6. The summed E-state index contributed by atoms with van der Waals surface area (Å²) in [6.07, 6.45) is -5.11. The first-order valence-corrected chi connectivity index (χ1v) is 12.0. The highest BCUT2D eigenvalue weighted by Gasteiger charge is 2.37. The van der Waals surface area contributed by atoms with Crippen molar-refractivity contribution >= 4 is 23.2 Å². The highest BCUT2D eigenvalue weighted by Crippen LogP contribution is 2.43. The molecule has 1 aliphatic rings. The number of benzene rings is 4. The SMILES string of the molecule is COc1cccc(-c2ccc(C3=Nc4c(F)cccc4C(CC(=O)O)N3c3cccc(C(F)(F)F)c3)cc2)c1. The number of ether oxygens (including phenoxy) is 1. The van der Waals surface area contributed by atoms with E-state index in [1.165, 1.54) is 29.2 Å².